The molecule has 7 amide bonds. The van der Waals surface area contributed by atoms with Gasteiger partial charge in [-0.3, -0.25) is 53.5 Å². The molecule has 1 aliphatic heterocycles. The molecule has 424 valence electrons. The van der Waals surface area contributed by atoms with E-state index in [2.05, 4.69) is 46.9 Å². The van der Waals surface area contributed by atoms with Gasteiger partial charge < -0.3 is 74.3 Å². The van der Waals surface area contributed by atoms with Crippen LogP contribution in [0.2, 0.25) is 0 Å². The summed E-state index contributed by atoms with van der Waals surface area (Å²) in [5, 5.41) is 56.8. The Labute approximate surface area is 448 Å². The Hall–Kier alpha value is -8.69. The maximum Gasteiger partial charge on any atom is 0.326 e. The van der Waals surface area contributed by atoms with Crippen LogP contribution in [-0.2, 0) is 62.4 Å². The first-order valence-corrected chi connectivity index (χ1v) is 25.3. The van der Waals surface area contributed by atoms with Crippen LogP contribution < -0.4 is 49.1 Å². The van der Waals surface area contributed by atoms with Gasteiger partial charge in [0.2, 0.25) is 41.4 Å². The molecule has 28 heteroatoms. The van der Waals surface area contributed by atoms with Gasteiger partial charge in [-0.15, -0.1) is 0 Å². The average Bonchev–Trinajstić information content (AvgIpc) is 4.12. The van der Waals surface area contributed by atoms with Crippen molar-refractivity contribution in [2.24, 2.45) is 34.0 Å². The summed E-state index contributed by atoms with van der Waals surface area (Å²) in [4.78, 5) is 145. The van der Waals surface area contributed by atoms with Crippen molar-refractivity contribution in [3.05, 3.63) is 88.0 Å². The van der Waals surface area contributed by atoms with Crippen molar-refractivity contribution in [3.8, 4) is 5.75 Å². The number of amides is 7. The fourth-order valence-corrected chi connectivity index (χ4v) is 8.52. The number of nitro benzene ring substituents is 1. The van der Waals surface area contributed by atoms with Gasteiger partial charge in [0.1, 0.15) is 42.3 Å². The van der Waals surface area contributed by atoms with Crippen LogP contribution >= 0.6 is 0 Å². The number of carbonyl (C=O) groups excluding carboxylic acids is 7. The highest BCUT2D eigenvalue weighted by Gasteiger charge is 2.41. The number of aromatic hydroxyl groups is 1. The number of aromatic nitrogens is 2. The Bertz CT molecular complexity index is 2630. The van der Waals surface area contributed by atoms with Crippen LogP contribution in [0.25, 0.3) is 0 Å². The number of nitrogens with two attached hydrogens (primary N) is 3. The summed E-state index contributed by atoms with van der Waals surface area (Å²) in [7, 11) is 0. The van der Waals surface area contributed by atoms with Crippen LogP contribution in [0.4, 0.5) is 5.69 Å². The van der Waals surface area contributed by atoms with Gasteiger partial charge in [0, 0.05) is 50.3 Å². The molecule has 2 aromatic carbocycles. The highest BCUT2D eigenvalue weighted by Crippen LogP contribution is 2.27. The Morgan fingerprint density at radius 3 is 2.04 bits per heavy atom. The van der Waals surface area contributed by atoms with Crippen LogP contribution in [0.3, 0.4) is 0 Å². The number of aliphatic imine (C=N–C) groups is 1. The molecule has 4 rings (SSSR count). The Morgan fingerprint density at radius 1 is 0.808 bits per heavy atom. The van der Waals surface area contributed by atoms with E-state index in [0.29, 0.717) is 17.7 Å². The molecule has 9 atom stereocenters. The van der Waals surface area contributed by atoms with E-state index in [9.17, 15) is 68.6 Å². The van der Waals surface area contributed by atoms with E-state index in [1.54, 1.807) is 58.0 Å². The standard InChI is InChI=1S/C50H70N14O14/c1-5-27(4)41(47(73)59-34(22-30-24-54-25-56-30)48(74)63-18-10-14-36(63)45(71)60-35(49(75)76)19-28-11-7-6-8-12-28)62-44(70)33(20-29-15-16-38(65)37(21-29)64(77)78)58-46(72)40(26(2)3)61-43(69)32(13-9-17-55-50(52)53)57-42(68)31(51)23-39(66)67/h6-8,11-12,15-16,21,24-27,31-36,40-41,65H,5,9-10,13-14,17-20,22-23,51H2,1-4H3,(H,54,56)(H,57,68)(H,58,72)(H,59,73)(H,60,71)(H,61,69)(H,62,70)(H,66,67)(H,75,76)(H4,52,53,55)/t27-,31-,32-,33-,34-,35-,36-,40-,41-/m0/s1. The number of benzene rings is 2. The molecule has 1 fully saturated rings. The third-order valence-electron chi connectivity index (χ3n) is 13.0. The summed E-state index contributed by atoms with van der Waals surface area (Å²) in [6, 6.07) is 0.592. The number of carboxylic acid groups (broad SMARTS) is 2. The number of rotatable bonds is 30. The molecule has 0 unspecified atom stereocenters. The lowest BCUT2D eigenvalue weighted by Gasteiger charge is -2.32. The predicted octanol–water partition coefficient (Wildman–Crippen LogP) is -1.41. The van der Waals surface area contributed by atoms with Crippen molar-refractivity contribution < 1.29 is 63.4 Å². The molecular weight excluding hydrogens is 1020 g/mol. The minimum atomic E-state index is -1.66. The van der Waals surface area contributed by atoms with Crippen molar-refractivity contribution in [1.29, 1.82) is 0 Å². The van der Waals surface area contributed by atoms with Crippen molar-refractivity contribution in [2.75, 3.05) is 13.1 Å². The lowest BCUT2D eigenvalue weighted by molar-refractivity contribution is -0.385. The van der Waals surface area contributed by atoms with Gasteiger partial charge in [0.05, 0.1) is 23.7 Å². The number of imidazole rings is 1. The van der Waals surface area contributed by atoms with Crippen LogP contribution in [0, 0.1) is 22.0 Å². The molecule has 1 aromatic heterocycles. The second kappa shape index (κ2) is 29.6. The van der Waals surface area contributed by atoms with Crippen LogP contribution in [0.1, 0.15) is 83.0 Å². The van der Waals surface area contributed by atoms with Crippen LogP contribution in [0.5, 0.6) is 5.75 Å². The van der Waals surface area contributed by atoms with E-state index < -0.39 is 143 Å². The van der Waals surface area contributed by atoms with Crippen LogP contribution in [0.15, 0.2) is 66.0 Å². The number of nitrogens with one attached hydrogen (secondary N) is 7. The summed E-state index contributed by atoms with van der Waals surface area (Å²) in [5.74, 6) is -11.1. The zero-order valence-corrected chi connectivity index (χ0v) is 43.7. The first-order valence-electron chi connectivity index (χ1n) is 25.3. The zero-order chi connectivity index (χ0) is 57.8. The topological polar surface area (TPSA) is 452 Å². The molecule has 0 aliphatic carbocycles. The summed E-state index contributed by atoms with van der Waals surface area (Å²) in [5.41, 5.74) is 17.0. The van der Waals surface area contributed by atoms with Gasteiger partial charge in [0.15, 0.2) is 11.7 Å². The highest BCUT2D eigenvalue weighted by atomic mass is 16.6. The second-order valence-electron chi connectivity index (χ2n) is 19.3. The van der Waals surface area contributed by atoms with Gasteiger partial charge in [0.25, 0.3) is 0 Å². The lowest BCUT2D eigenvalue weighted by Crippen LogP contribution is -2.62. The van der Waals surface area contributed by atoms with Gasteiger partial charge in [-0.1, -0.05) is 70.5 Å². The van der Waals surface area contributed by atoms with E-state index in [-0.39, 0.29) is 63.1 Å². The third-order valence-corrected chi connectivity index (χ3v) is 13.0. The molecule has 1 saturated heterocycles. The molecule has 0 bridgehead atoms. The monoisotopic (exact) mass is 1090 g/mol. The number of guanidine groups is 1. The fraction of sp³-hybridized carbons (Fsp3) is 0.500. The number of carboxylic acids is 2. The summed E-state index contributed by atoms with van der Waals surface area (Å²) >= 11 is 0. The minimum absolute atomic E-state index is 0.0183. The number of phenolic OH excluding ortho intramolecular Hbond substituents is 1. The lowest BCUT2D eigenvalue weighted by atomic mass is 9.96. The zero-order valence-electron chi connectivity index (χ0n) is 43.7. The molecule has 16 N–H and O–H groups in total. The quantitative estimate of drug-likeness (QED) is 0.0120. The minimum Gasteiger partial charge on any atom is -0.502 e. The Kier molecular flexibility index (Phi) is 23.4. The third kappa shape index (κ3) is 18.6. The molecule has 3 aromatic rings. The smallest absolute Gasteiger partial charge is 0.326 e. The number of nitro groups is 1. The Morgan fingerprint density at radius 2 is 1.44 bits per heavy atom. The van der Waals surface area contributed by atoms with E-state index in [4.69, 9.17) is 17.2 Å². The van der Waals surface area contributed by atoms with Gasteiger partial charge in [-0.2, -0.15) is 0 Å². The maximum absolute atomic E-state index is 14.7. The van der Waals surface area contributed by atoms with Crippen molar-refractivity contribution in [1.82, 2.24) is 46.8 Å². The molecule has 78 heavy (non-hydrogen) atoms. The first-order chi connectivity index (χ1) is 36.9. The number of aromatic amines is 1. The summed E-state index contributed by atoms with van der Waals surface area (Å²) < 4.78 is 0. The maximum atomic E-state index is 14.7. The Balaban J connectivity index is 1.64. The number of likely N-dealkylation sites (tertiary alicyclic amines) is 1. The van der Waals surface area contributed by atoms with E-state index >= 15 is 0 Å². The van der Waals surface area contributed by atoms with E-state index in [0.717, 1.165) is 12.1 Å². The molecule has 0 spiro atoms. The second-order valence-corrected chi connectivity index (χ2v) is 19.3. The van der Waals surface area contributed by atoms with E-state index in [1.165, 1.54) is 23.5 Å². The summed E-state index contributed by atoms with van der Waals surface area (Å²) in [6.07, 6.45) is 2.16. The molecule has 0 saturated carbocycles. The van der Waals surface area contributed by atoms with Gasteiger partial charge >= 0.3 is 17.6 Å². The van der Waals surface area contributed by atoms with Crippen molar-refractivity contribution >= 4 is 64.9 Å². The molecule has 28 nitrogen and oxygen atoms in total. The number of nitrogens with zero attached hydrogens (tertiary/aromatic N) is 4. The normalized spacial score (nSPS) is 16.1. The van der Waals surface area contributed by atoms with Crippen molar-refractivity contribution in [2.45, 2.75) is 134 Å². The molecular formula is C50H70N14O14. The largest absolute Gasteiger partial charge is 0.502 e. The first kappa shape index (κ1) is 61.9. The fourth-order valence-electron chi connectivity index (χ4n) is 8.52. The molecule has 1 aliphatic rings. The highest BCUT2D eigenvalue weighted by molar-refractivity contribution is 5.98. The van der Waals surface area contributed by atoms with Crippen molar-refractivity contribution in [3.63, 3.8) is 0 Å². The number of aliphatic carboxylic acids is 2. The summed E-state index contributed by atoms with van der Waals surface area (Å²) in [6.45, 7) is 6.56. The number of hydrogen-bond acceptors (Lipinski definition) is 15. The molecule has 0 radical (unpaired) electrons. The predicted molar refractivity (Wildman–Crippen MR) is 279 cm³/mol. The number of carbonyl (C=O) groups is 9. The average molecular weight is 1090 g/mol. The number of H-pyrrole nitrogens is 1. The molecule has 2 heterocycles. The van der Waals surface area contributed by atoms with Crippen LogP contribution in [-0.4, -0.2) is 156 Å². The van der Waals surface area contributed by atoms with Gasteiger partial charge in [-0.25, -0.2) is 9.78 Å². The number of phenols is 1. The van der Waals surface area contributed by atoms with Gasteiger partial charge in [-0.05, 0) is 54.7 Å². The SMILES string of the molecule is CC[C@H](C)[C@H](NC(=O)[C@H](Cc1ccc(O)c([N+](=O)[O-])c1)NC(=O)[C@@H](NC(=O)[C@H](CCCN=C(N)N)NC(=O)[C@@H](N)CC(=O)O)C(C)C)C(=O)N[C@@H](Cc1cnc[nH]1)C(=O)N1CCC[C@H]1C(=O)N[C@@H](Cc1ccccc1)C(=O)O. The number of hydrogen-bond donors (Lipinski definition) is 13. The van der Waals surface area contributed by atoms with E-state index in [1.807, 2.05) is 0 Å².